The number of hydrogen-bond donors (Lipinski definition) is 0. The molecule has 0 aliphatic heterocycles. The Labute approximate surface area is 66.4 Å². The lowest BCUT2D eigenvalue weighted by molar-refractivity contribution is 0.625. The number of halogens is 2. The molecule has 5 heteroatoms. The van der Waals surface area contributed by atoms with Crippen LogP contribution in [0.2, 0.25) is 5.15 Å². The van der Waals surface area contributed by atoms with Crippen LogP contribution in [0.4, 0.5) is 4.39 Å². The molecule has 0 unspecified atom stereocenters. The maximum atomic E-state index is 12.6. The van der Waals surface area contributed by atoms with Gasteiger partial charge in [-0.15, -0.1) is 0 Å². The smallest absolute Gasteiger partial charge is 0.156 e. The molecule has 0 N–H and O–H groups in total. The summed E-state index contributed by atoms with van der Waals surface area (Å²) < 4.78 is 13.9. The Morgan fingerprint density at radius 3 is 3.09 bits per heavy atom. The summed E-state index contributed by atoms with van der Waals surface area (Å²) in [6.45, 7) is 0. The zero-order valence-electron chi connectivity index (χ0n) is 5.33. The minimum Gasteiger partial charge on any atom is -0.233 e. The maximum Gasteiger partial charge on any atom is 0.156 e. The van der Waals surface area contributed by atoms with E-state index >= 15 is 0 Å². The van der Waals surface area contributed by atoms with E-state index in [1.807, 2.05) is 0 Å². The first-order valence-corrected chi connectivity index (χ1v) is 3.29. The minimum atomic E-state index is -0.368. The number of nitrogens with zero attached hydrogens (tertiary/aromatic N) is 3. The third-order valence-electron chi connectivity index (χ3n) is 1.33. The predicted octanol–water partition coefficient (Wildman–Crippen LogP) is 1.52. The molecule has 56 valence electrons. The van der Waals surface area contributed by atoms with Gasteiger partial charge < -0.3 is 0 Å². The molecule has 0 aliphatic carbocycles. The molecule has 0 amide bonds. The summed E-state index contributed by atoms with van der Waals surface area (Å²) in [6.07, 6.45) is 2.51. The Kier molecular flexibility index (Phi) is 1.29. The zero-order valence-corrected chi connectivity index (χ0v) is 6.09. The molecule has 0 aliphatic rings. The summed E-state index contributed by atoms with van der Waals surface area (Å²) in [5, 5.41) is 4.00. The van der Waals surface area contributed by atoms with E-state index in [0.717, 1.165) is 0 Å². The molecule has 0 atom stereocenters. The SMILES string of the molecule is Fc1cc2c(Cl)ncnn2c1. The van der Waals surface area contributed by atoms with Gasteiger partial charge >= 0.3 is 0 Å². The van der Waals surface area contributed by atoms with E-state index in [1.54, 1.807) is 0 Å². The van der Waals surface area contributed by atoms with E-state index in [1.165, 1.54) is 23.1 Å². The van der Waals surface area contributed by atoms with Gasteiger partial charge in [0.2, 0.25) is 0 Å². The van der Waals surface area contributed by atoms with Crippen LogP contribution in [-0.2, 0) is 0 Å². The third-order valence-corrected chi connectivity index (χ3v) is 1.62. The highest BCUT2D eigenvalue weighted by atomic mass is 35.5. The van der Waals surface area contributed by atoms with Crippen molar-refractivity contribution in [3.8, 4) is 0 Å². The lowest BCUT2D eigenvalue weighted by Gasteiger charge is -1.91. The van der Waals surface area contributed by atoms with Crippen molar-refractivity contribution >= 4 is 17.1 Å². The molecule has 0 aromatic carbocycles. The fourth-order valence-electron chi connectivity index (χ4n) is 0.868. The molecule has 2 aromatic heterocycles. The molecule has 2 aromatic rings. The number of aromatic nitrogens is 3. The van der Waals surface area contributed by atoms with E-state index in [0.29, 0.717) is 5.52 Å². The van der Waals surface area contributed by atoms with Crippen LogP contribution >= 0.6 is 11.6 Å². The predicted molar refractivity (Wildman–Crippen MR) is 38.0 cm³/mol. The highest BCUT2D eigenvalue weighted by molar-refractivity contribution is 6.32. The molecule has 0 radical (unpaired) electrons. The topological polar surface area (TPSA) is 30.2 Å². The van der Waals surface area contributed by atoms with E-state index in [2.05, 4.69) is 10.1 Å². The van der Waals surface area contributed by atoms with Crippen molar-refractivity contribution in [3.05, 3.63) is 29.6 Å². The molecule has 0 fully saturated rings. The average Bonchev–Trinajstić information content (AvgIpc) is 2.31. The molecule has 2 rings (SSSR count). The van der Waals surface area contributed by atoms with Crippen LogP contribution in [0.15, 0.2) is 18.6 Å². The summed E-state index contributed by atoms with van der Waals surface area (Å²) >= 11 is 5.63. The quantitative estimate of drug-likeness (QED) is 0.602. The van der Waals surface area contributed by atoms with Gasteiger partial charge in [0.15, 0.2) is 5.15 Å². The molecule has 0 bridgehead atoms. The van der Waals surface area contributed by atoms with Crippen LogP contribution in [0.25, 0.3) is 5.52 Å². The van der Waals surface area contributed by atoms with Crippen molar-refractivity contribution in [2.24, 2.45) is 0 Å². The second-order valence-corrected chi connectivity index (χ2v) is 2.40. The Morgan fingerprint density at radius 1 is 1.55 bits per heavy atom. The Hall–Kier alpha value is -1.16. The van der Waals surface area contributed by atoms with Crippen molar-refractivity contribution in [1.29, 1.82) is 0 Å². The van der Waals surface area contributed by atoms with Crippen LogP contribution in [-0.4, -0.2) is 14.6 Å². The summed E-state index contributed by atoms with van der Waals surface area (Å²) in [5.74, 6) is -0.368. The minimum absolute atomic E-state index is 0.254. The first-order valence-electron chi connectivity index (χ1n) is 2.92. The van der Waals surface area contributed by atoms with Crippen LogP contribution in [0, 0.1) is 5.82 Å². The number of rotatable bonds is 0. The van der Waals surface area contributed by atoms with E-state index < -0.39 is 0 Å². The summed E-state index contributed by atoms with van der Waals surface area (Å²) in [4.78, 5) is 3.69. The molecule has 0 saturated heterocycles. The molecule has 0 spiro atoms. The summed E-state index contributed by atoms with van der Waals surface area (Å²) in [6, 6.07) is 1.28. The van der Waals surface area contributed by atoms with Crippen molar-refractivity contribution in [3.63, 3.8) is 0 Å². The fraction of sp³-hybridized carbons (Fsp3) is 0. The van der Waals surface area contributed by atoms with Gasteiger partial charge in [-0.2, -0.15) is 5.10 Å². The van der Waals surface area contributed by atoms with Crippen molar-refractivity contribution in [2.75, 3.05) is 0 Å². The van der Waals surface area contributed by atoms with Crippen LogP contribution in [0.3, 0.4) is 0 Å². The van der Waals surface area contributed by atoms with Gasteiger partial charge in [-0.25, -0.2) is 13.9 Å². The van der Waals surface area contributed by atoms with E-state index in [4.69, 9.17) is 11.6 Å². The fourth-order valence-corrected chi connectivity index (χ4v) is 1.05. The van der Waals surface area contributed by atoms with Crippen LogP contribution in [0.1, 0.15) is 0 Å². The molecule has 3 nitrogen and oxygen atoms in total. The van der Waals surface area contributed by atoms with Gasteiger partial charge in [0.25, 0.3) is 0 Å². The second-order valence-electron chi connectivity index (χ2n) is 2.04. The Bertz CT molecular complexity index is 398. The van der Waals surface area contributed by atoms with Gasteiger partial charge in [-0.1, -0.05) is 11.6 Å². The molecular formula is C6H3ClFN3. The van der Waals surface area contributed by atoms with Gasteiger partial charge in [0.05, 0.1) is 6.20 Å². The highest BCUT2D eigenvalue weighted by Gasteiger charge is 2.02. The maximum absolute atomic E-state index is 12.6. The van der Waals surface area contributed by atoms with Gasteiger partial charge in [-0.3, -0.25) is 0 Å². The lowest BCUT2D eigenvalue weighted by Crippen LogP contribution is -1.90. The Morgan fingerprint density at radius 2 is 2.36 bits per heavy atom. The second kappa shape index (κ2) is 2.17. The van der Waals surface area contributed by atoms with Crippen molar-refractivity contribution in [1.82, 2.24) is 14.6 Å². The average molecular weight is 172 g/mol. The first-order chi connectivity index (χ1) is 5.27. The zero-order chi connectivity index (χ0) is 7.84. The summed E-state index contributed by atoms with van der Waals surface area (Å²) in [7, 11) is 0. The Balaban J connectivity index is 2.90. The van der Waals surface area contributed by atoms with Crippen molar-refractivity contribution in [2.45, 2.75) is 0 Å². The third kappa shape index (κ3) is 0.952. The largest absolute Gasteiger partial charge is 0.233 e. The lowest BCUT2D eigenvalue weighted by atomic mass is 10.5. The van der Waals surface area contributed by atoms with Crippen LogP contribution < -0.4 is 0 Å². The first kappa shape index (κ1) is 6.54. The molecule has 0 saturated carbocycles. The van der Waals surface area contributed by atoms with Gasteiger partial charge in [0, 0.05) is 6.07 Å². The normalized spacial score (nSPS) is 10.7. The highest BCUT2D eigenvalue weighted by Crippen LogP contribution is 2.14. The standard InChI is InChI=1S/C6H3ClFN3/c7-6-5-1-4(8)2-11(5)10-3-9-6/h1-3H. The van der Waals surface area contributed by atoms with E-state index in [-0.39, 0.29) is 11.0 Å². The molecular weight excluding hydrogens is 169 g/mol. The molecule has 2 heterocycles. The van der Waals surface area contributed by atoms with Crippen LogP contribution in [0.5, 0.6) is 0 Å². The monoisotopic (exact) mass is 171 g/mol. The number of fused-ring (bicyclic) bond motifs is 1. The van der Waals surface area contributed by atoms with Crippen molar-refractivity contribution < 1.29 is 4.39 Å². The van der Waals surface area contributed by atoms with Gasteiger partial charge in [-0.05, 0) is 0 Å². The summed E-state index contributed by atoms with van der Waals surface area (Å²) in [5.41, 5.74) is 0.478. The number of hydrogen-bond acceptors (Lipinski definition) is 2. The van der Waals surface area contributed by atoms with E-state index in [9.17, 15) is 4.39 Å². The van der Waals surface area contributed by atoms with Gasteiger partial charge in [0.1, 0.15) is 17.7 Å². The molecule has 11 heavy (non-hydrogen) atoms.